The zero-order valence-electron chi connectivity index (χ0n) is 21.0. The van der Waals surface area contributed by atoms with Crippen LogP contribution in [-0.4, -0.2) is 22.6 Å². The predicted molar refractivity (Wildman–Crippen MR) is 146 cm³/mol. The number of nitrogens with one attached hydrogen (secondary N) is 3. The molecule has 0 aliphatic rings. The number of nitroso groups, excluding NO2 is 1. The van der Waals surface area contributed by atoms with Gasteiger partial charge in [-0.1, -0.05) is 43.3 Å². The van der Waals surface area contributed by atoms with Crippen molar-refractivity contribution in [3.8, 4) is 0 Å². The van der Waals surface area contributed by atoms with Gasteiger partial charge in [-0.15, -0.1) is 4.91 Å². The van der Waals surface area contributed by atoms with Gasteiger partial charge in [0.1, 0.15) is 11.7 Å². The molecule has 1 amide bonds. The maximum Gasteiger partial charge on any atom is 0.255 e. The van der Waals surface area contributed by atoms with E-state index in [1.54, 1.807) is 30.5 Å². The van der Waals surface area contributed by atoms with Crippen LogP contribution in [0.25, 0.3) is 10.8 Å². The minimum atomic E-state index is -0.771. The number of carbonyl (C=O) groups excluding carboxylic acids is 1. The Morgan fingerprint density at radius 2 is 1.84 bits per heavy atom. The number of hydrogen-bond donors (Lipinski definition) is 4. The summed E-state index contributed by atoms with van der Waals surface area (Å²) in [5.74, 6) is -0.304. The van der Waals surface area contributed by atoms with Crippen LogP contribution >= 0.6 is 0 Å². The van der Waals surface area contributed by atoms with Crippen molar-refractivity contribution in [2.75, 3.05) is 11.9 Å². The van der Waals surface area contributed by atoms with E-state index < -0.39 is 6.04 Å². The second-order valence-corrected chi connectivity index (χ2v) is 9.30. The van der Waals surface area contributed by atoms with Gasteiger partial charge in [-0.05, 0) is 77.0 Å². The fourth-order valence-corrected chi connectivity index (χ4v) is 4.50. The Hall–Kier alpha value is -4.30. The topological polar surface area (TPSA) is 124 Å². The molecule has 3 aromatic carbocycles. The van der Waals surface area contributed by atoms with Crippen molar-refractivity contribution >= 4 is 28.1 Å². The average Bonchev–Trinajstić information content (AvgIpc) is 2.91. The van der Waals surface area contributed by atoms with Gasteiger partial charge in [-0.25, -0.2) is 0 Å². The third-order valence-corrected chi connectivity index (χ3v) is 6.61. The summed E-state index contributed by atoms with van der Waals surface area (Å²) in [7, 11) is 0. The maximum absolute atomic E-state index is 13.6. The van der Waals surface area contributed by atoms with Gasteiger partial charge in [0.05, 0.1) is 6.04 Å². The van der Waals surface area contributed by atoms with Crippen molar-refractivity contribution in [3.05, 3.63) is 110 Å². The van der Waals surface area contributed by atoms with Crippen molar-refractivity contribution in [1.82, 2.24) is 10.3 Å². The Labute approximate surface area is 214 Å². The van der Waals surface area contributed by atoms with Crippen LogP contribution in [0.1, 0.15) is 54.1 Å². The van der Waals surface area contributed by atoms with Crippen LogP contribution in [0.2, 0.25) is 0 Å². The molecular formula is C29H30N4O4. The van der Waals surface area contributed by atoms with Crippen molar-refractivity contribution in [3.63, 3.8) is 0 Å². The fraction of sp³-hybridized carbons (Fsp3) is 0.241. The van der Waals surface area contributed by atoms with Crippen LogP contribution in [0.3, 0.4) is 0 Å². The molecule has 8 nitrogen and oxygen atoms in total. The van der Waals surface area contributed by atoms with Gasteiger partial charge in [0.15, 0.2) is 0 Å². The summed E-state index contributed by atoms with van der Waals surface area (Å²) in [6.07, 6.45) is 1.60. The van der Waals surface area contributed by atoms with Crippen molar-refractivity contribution in [1.29, 1.82) is 0 Å². The molecule has 0 spiro atoms. The lowest BCUT2D eigenvalue weighted by Gasteiger charge is -2.24. The number of pyridine rings is 1. The molecule has 1 heterocycles. The SMILES string of the molecule is Cc1cc(C(Nc2ccc3cc[nH]c(=O)c3c2)C(=O)N[C@H](C)c2cccc(N=O)c2)ccc1[C@@H](C)CO. The van der Waals surface area contributed by atoms with Gasteiger partial charge in [0.2, 0.25) is 5.91 Å². The molecule has 0 fully saturated rings. The summed E-state index contributed by atoms with van der Waals surface area (Å²) in [6, 6.07) is 18.6. The molecule has 0 radical (unpaired) electrons. The van der Waals surface area contributed by atoms with E-state index in [4.69, 9.17) is 0 Å². The van der Waals surface area contributed by atoms with Gasteiger partial charge in [-0.3, -0.25) is 9.59 Å². The molecule has 0 aliphatic heterocycles. The van der Waals surface area contributed by atoms with E-state index in [1.165, 1.54) is 0 Å². The number of fused-ring (bicyclic) bond motifs is 1. The number of aliphatic hydroxyl groups is 1. The molecule has 0 bridgehead atoms. The Bertz CT molecular complexity index is 1500. The molecule has 190 valence electrons. The number of benzene rings is 3. The molecule has 8 heteroatoms. The minimum absolute atomic E-state index is 0.0276. The highest BCUT2D eigenvalue weighted by Crippen LogP contribution is 2.28. The van der Waals surface area contributed by atoms with Crippen LogP contribution in [0.4, 0.5) is 11.4 Å². The Morgan fingerprint density at radius 1 is 1.03 bits per heavy atom. The number of aromatic nitrogens is 1. The molecule has 3 atom stereocenters. The lowest BCUT2D eigenvalue weighted by molar-refractivity contribution is -0.122. The normalized spacial score (nSPS) is 13.5. The summed E-state index contributed by atoms with van der Waals surface area (Å²) in [5.41, 5.74) is 4.16. The summed E-state index contributed by atoms with van der Waals surface area (Å²) in [6.45, 7) is 5.77. The monoisotopic (exact) mass is 498 g/mol. The van der Waals surface area contributed by atoms with E-state index in [-0.39, 0.29) is 30.0 Å². The number of H-pyrrole nitrogens is 1. The molecule has 37 heavy (non-hydrogen) atoms. The van der Waals surface area contributed by atoms with Crippen molar-refractivity contribution in [2.24, 2.45) is 5.18 Å². The number of carbonyl (C=O) groups is 1. The first-order chi connectivity index (χ1) is 17.8. The van der Waals surface area contributed by atoms with Crippen LogP contribution < -0.4 is 16.2 Å². The Morgan fingerprint density at radius 3 is 2.57 bits per heavy atom. The van der Waals surface area contributed by atoms with E-state index in [1.807, 2.05) is 63.2 Å². The first-order valence-electron chi connectivity index (χ1n) is 12.1. The standard InChI is InChI=1S/C29H30N4O4/c1-17-13-22(8-10-25(17)18(2)16-34)27(29(36)31-19(3)21-5-4-6-24(14-21)33-37)32-23-9-7-20-11-12-30-28(35)26(20)15-23/h4-15,18-19,27,32,34H,16H2,1-3H3,(H,30,35)(H,31,36)/t18-,19+,27?/m0/s1. The van der Waals surface area contributed by atoms with Gasteiger partial charge >= 0.3 is 0 Å². The zero-order chi connectivity index (χ0) is 26.5. The summed E-state index contributed by atoms with van der Waals surface area (Å²) in [5, 5.41) is 20.2. The number of aryl methyl sites for hydroxylation is 1. The smallest absolute Gasteiger partial charge is 0.255 e. The summed E-state index contributed by atoms with van der Waals surface area (Å²) >= 11 is 0. The van der Waals surface area contributed by atoms with Crippen molar-refractivity contribution < 1.29 is 9.90 Å². The van der Waals surface area contributed by atoms with Gasteiger partial charge < -0.3 is 20.7 Å². The lowest BCUT2D eigenvalue weighted by atomic mass is 9.93. The van der Waals surface area contributed by atoms with Crippen molar-refractivity contribution in [2.45, 2.75) is 38.8 Å². The number of rotatable bonds is 9. The average molecular weight is 499 g/mol. The number of amides is 1. The van der Waals surface area contributed by atoms with Crippen LogP contribution in [0, 0.1) is 11.8 Å². The second-order valence-electron chi connectivity index (χ2n) is 9.30. The number of nitrogens with zero attached hydrogens (tertiary/aromatic N) is 1. The Balaban J connectivity index is 1.69. The number of aromatic amines is 1. The van der Waals surface area contributed by atoms with Crippen LogP contribution in [0.15, 0.2) is 82.9 Å². The molecular weight excluding hydrogens is 468 g/mol. The summed E-state index contributed by atoms with van der Waals surface area (Å²) < 4.78 is 0. The van der Waals surface area contributed by atoms with Gasteiger partial charge in [0, 0.05) is 29.8 Å². The molecule has 1 unspecified atom stereocenters. The maximum atomic E-state index is 13.6. The lowest BCUT2D eigenvalue weighted by Crippen LogP contribution is -2.35. The number of hydrogen-bond acceptors (Lipinski definition) is 6. The molecule has 0 saturated heterocycles. The number of anilines is 1. The third-order valence-electron chi connectivity index (χ3n) is 6.61. The molecule has 1 aromatic heterocycles. The van der Waals surface area contributed by atoms with E-state index in [2.05, 4.69) is 20.8 Å². The molecule has 4 N–H and O–H groups in total. The largest absolute Gasteiger partial charge is 0.396 e. The molecule has 4 rings (SSSR count). The predicted octanol–water partition coefficient (Wildman–Crippen LogP) is 5.36. The third kappa shape index (κ3) is 5.76. The first-order valence-corrected chi connectivity index (χ1v) is 12.1. The van der Waals surface area contributed by atoms with E-state index in [9.17, 15) is 19.6 Å². The van der Waals surface area contributed by atoms with E-state index in [0.717, 1.165) is 27.6 Å². The summed E-state index contributed by atoms with van der Waals surface area (Å²) in [4.78, 5) is 39.6. The van der Waals surface area contributed by atoms with Gasteiger partial charge in [0.25, 0.3) is 5.56 Å². The first kappa shape index (κ1) is 25.8. The van der Waals surface area contributed by atoms with Crippen LogP contribution in [0.5, 0.6) is 0 Å². The quantitative estimate of drug-likeness (QED) is 0.231. The highest BCUT2D eigenvalue weighted by molar-refractivity contribution is 5.89. The minimum Gasteiger partial charge on any atom is -0.396 e. The molecule has 0 aliphatic carbocycles. The zero-order valence-corrected chi connectivity index (χ0v) is 21.0. The Kier molecular flexibility index (Phi) is 7.79. The van der Waals surface area contributed by atoms with Crippen LogP contribution in [-0.2, 0) is 4.79 Å². The number of aliphatic hydroxyl groups excluding tert-OH is 1. The highest BCUT2D eigenvalue weighted by atomic mass is 16.3. The highest BCUT2D eigenvalue weighted by Gasteiger charge is 2.24. The second kappa shape index (κ2) is 11.2. The molecule has 4 aromatic rings. The van der Waals surface area contributed by atoms with E-state index in [0.29, 0.717) is 16.8 Å². The van der Waals surface area contributed by atoms with Gasteiger partial charge in [-0.2, -0.15) is 0 Å². The molecule has 0 saturated carbocycles. The van der Waals surface area contributed by atoms with E-state index >= 15 is 0 Å². The fourth-order valence-electron chi connectivity index (χ4n) is 4.50.